The lowest BCUT2D eigenvalue weighted by molar-refractivity contribution is -0.156. The predicted octanol–water partition coefficient (Wildman–Crippen LogP) is 5.01. The number of carbonyl (C=O) groups excluding carboxylic acids is 1. The van der Waals surface area contributed by atoms with Crippen LogP contribution in [0.3, 0.4) is 0 Å². The van der Waals surface area contributed by atoms with Gasteiger partial charge in [-0.3, -0.25) is 4.90 Å². The molecule has 0 aliphatic carbocycles. The third kappa shape index (κ3) is 5.25. The highest BCUT2D eigenvalue weighted by Crippen LogP contribution is 2.31. The van der Waals surface area contributed by atoms with Gasteiger partial charge in [-0.15, -0.1) is 10.2 Å². The topological polar surface area (TPSA) is 71.7 Å². The van der Waals surface area contributed by atoms with Crippen molar-refractivity contribution in [2.75, 3.05) is 31.2 Å². The van der Waals surface area contributed by atoms with Gasteiger partial charge in [0.05, 0.1) is 19.8 Å². The quantitative estimate of drug-likeness (QED) is 0.487. The Labute approximate surface area is 190 Å². The molecular weight excluding hydrogens is 468 g/mol. The number of carbonyl (C=O) groups is 1. The van der Waals surface area contributed by atoms with Crippen molar-refractivity contribution in [3.8, 4) is 11.5 Å². The van der Waals surface area contributed by atoms with Crippen LogP contribution in [0.15, 0.2) is 46.9 Å². The van der Waals surface area contributed by atoms with Gasteiger partial charge in [0, 0.05) is 34.9 Å². The first-order chi connectivity index (χ1) is 15.7. The molecule has 0 saturated carbocycles. The first-order valence-corrected chi connectivity index (χ1v) is 10.2. The smallest absolute Gasteiger partial charge is 0.413 e. The lowest BCUT2D eigenvalue weighted by Gasteiger charge is -2.33. The Balaban J connectivity index is 1.61. The zero-order valence-corrected chi connectivity index (χ0v) is 17.7. The molecule has 1 aliphatic heterocycles. The Kier molecular flexibility index (Phi) is 6.52. The molecule has 174 valence electrons. The summed E-state index contributed by atoms with van der Waals surface area (Å²) in [6.45, 7) is 1.45. The number of benzene rings is 2. The molecule has 0 spiro atoms. The molecule has 2 aromatic carbocycles. The van der Waals surface area contributed by atoms with Gasteiger partial charge in [0.2, 0.25) is 5.89 Å². The van der Waals surface area contributed by atoms with Crippen LogP contribution in [0.5, 0.6) is 0 Å². The van der Waals surface area contributed by atoms with E-state index in [-0.39, 0.29) is 23.7 Å². The molecule has 0 N–H and O–H groups in total. The molecule has 1 saturated heterocycles. The SMILES string of the molecule is O=C(N1CCOCC1)N(Cc1ccc(-c2nnc(C(F)(F)F)o2)cc1F)c1ccc(Cl)cc1. The van der Waals surface area contributed by atoms with E-state index in [1.165, 1.54) is 17.0 Å². The Morgan fingerprint density at radius 1 is 1.09 bits per heavy atom. The molecule has 2 amide bonds. The number of rotatable bonds is 4. The second kappa shape index (κ2) is 9.36. The highest BCUT2D eigenvalue weighted by Gasteiger charge is 2.38. The van der Waals surface area contributed by atoms with E-state index in [1.54, 1.807) is 29.2 Å². The summed E-state index contributed by atoms with van der Waals surface area (Å²) in [5.41, 5.74) is 0.633. The van der Waals surface area contributed by atoms with Crippen LogP contribution in [0.2, 0.25) is 5.02 Å². The van der Waals surface area contributed by atoms with E-state index in [0.29, 0.717) is 37.0 Å². The third-order valence-corrected chi connectivity index (χ3v) is 5.20. The van der Waals surface area contributed by atoms with Crippen molar-refractivity contribution in [1.82, 2.24) is 15.1 Å². The van der Waals surface area contributed by atoms with Crippen LogP contribution < -0.4 is 4.90 Å². The molecule has 3 aromatic rings. The maximum Gasteiger partial charge on any atom is 0.470 e. The summed E-state index contributed by atoms with van der Waals surface area (Å²) in [5.74, 6) is -2.73. The Hall–Kier alpha value is -3.18. The lowest BCUT2D eigenvalue weighted by Crippen LogP contribution is -2.48. The minimum atomic E-state index is -4.80. The van der Waals surface area contributed by atoms with Gasteiger partial charge in [-0.25, -0.2) is 9.18 Å². The van der Waals surface area contributed by atoms with Crippen LogP contribution >= 0.6 is 11.6 Å². The standard InChI is InChI=1S/C21H17ClF4N4O3/c22-15-3-5-16(6-4-15)30(20(31)29-7-9-32-10-8-29)12-14-2-1-13(11-17(14)23)18-27-28-19(33-18)21(24,25)26/h1-6,11H,7-10,12H2. The number of hydrogen-bond donors (Lipinski definition) is 0. The first-order valence-electron chi connectivity index (χ1n) is 9.81. The Morgan fingerprint density at radius 2 is 1.79 bits per heavy atom. The fourth-order valence-electron chi connectivity index (χ4n) is 3.25. The summed E-state index contributed by atoms with van der Waals surface area (Å²) in [5, 5.41) is 6.75. The first kappa shape index (κ1) is 23.0. The van der Waals surface area contributed by atoms with Crippen molar-refractivity contribution in [3.05, 3.63) is 64.8 Å². The second-order valence-electron chi connectivity index (χ2n) is 7.16. The summed E-state index contributed by atoms with van der Waals surface area (Å²) in [6.07, 6.45) is -4.80. The van der Waals surface area contributed by atoms with Crippen LogP contribution in [0, 0.1) is 5.82 Å². The summed E-state index contributed by atoms with van der Waals surface area (Å²) in [7, 11) is 0. The van der Waals surface area contributed by atoms with Crippen LogP contribution in [0.4, 0.5) is 28.0 Å². The van der Waals surface area contributed by atoms with E-state index in [2.05, 4.69) is 14.6 Å². The second-order valence-corrected chi connectivity index (χ2v) is 7.60. The minimum absolute atomic E-state index is 0.0169. The normalized spacial score (nSPS) is 14.4. The maximum absolute atomic E-state index is 14.9. The number of amides is 2. The number of ether oxygens (including phenoxy) is 1. The van der Waals surface area contributed by atoms with E-state index < -0.39 is 23.8 Å². The molecule has 0 atom stereocenters. The number of aromatic nitrogens is 2. The molecule has 1 fully saturated rings. The number of hydrogen-bond acceptors (Lipinski definition) is 5. The van der Waals surface area contributed by atoms with Crippen molar-refractivity contribution in [2.45, 2.75) is 12.7 Å². The van der Waals surface area contributed by atoms with E-state index in [0.717, 1.165) is 6.07 Å². The molecule has 4 rings (SSSR count). The summed E-state index contributed by atoms with van der Waals surface area (Å²) in [6, 6.07) is 9.88. The van der Waals surface area contributed by atoms with Gasteiger partial charge in [0.1, 0.15) is 5.82 Å². The Bertz CT molecular complexity index is 1130. The van der Waals surface area contributed by atoms with Crippen LogP contribution in [0.1, 0.15) is 11.5 Å². The van der Waals surface area contributed by atoms with Gasteiger partial charge in [0.25, 0.3) is 0 Å². The molecule has 0 bridgehead atoms. The lowest BCUT2D eigenvalue weighted by atomic mass is 10.1. The molecule has 0 radical (unpaired) electrons. The van der Waals surface area contributed by atoms with Gasteiger partial charge >= 0.3 is 18.1 Å². The Morgan fingerprint density at radius 3 is 2.39 bits per heavy atom. The minimum Gasteiger partial charge on any atom is -0.413 e. The molecule has 2 heterocycles. The number of halogens is 5. The van der Waals surface area contributed by atoms with Crippen LogP contribution in [0.25, 0.3) is 11.5 Å². The van der Waals surface area contributed by atoms with Gasteiger partial charge < -0.3 is 14.1 Å². The zero-order valence-electron chi connectivity index (χ0n) is 17.0. The zero-order chi connectivity index (χ0) is 23.6. The molecule has 12 heteroatoms. The van der Waals surface area contributed by atoms with E-state index >= 15 is 0 Å². The van der Waals surface area contributed by atoms with Gasteiger partial charge in [0.15, 0.2) is 0 Å². The summed E-state index contributed by atoms with van der Waals surface area (Å²) in [4.78, 5) is 16.2. The predicted molar refractivity (Wildman–Crippen MR) is 110 cm³/mol. The van der Waals surface area contributed by atoms with Crippen molar-refractivity contribution >= 4 is 23.3 Å². The monoisotopic (exact) mass is 484 g/mol. The summed E-state index contributed by atoms with van der Waals surface area (Å²) >= 11 is 5.95. The van der Waals surface area contributed by atoms with Crippen molar-refractivity contribution < 1.29 is 31.5 Å². The molecule has 1 aliphatic rings. The highest BCUT2D eigenvalue weighted by atomic mass is 35.5. The molecule has 7 nitrogen and oxygen atoms in total. The van der Waals surface area contributed by atoms with E-state index in [4.69, 9.17) is 16.3 Å². The van der Waals surface area contributed by atoms with Gasteiger partial charge in [-0.2, -0.15) is 13.2 Å². The largest absolute Gasteiger partial charge is 0.470 e. The average molecular weight is 485 g/mol. The number of morpholine rings is 1. The van der Waals surface area contributed by atoms with Crippen molar-refractivity contribution in [1.29, 1.82) is 0 Å². The van der Waals surface area contributed by atoms with E-state index in [9.17, 15) is 22.4 Å². The fourth-order valence-corrected chi connectivity index (χ4v) is 3.38. The third-order valence-electron chi connectivity index (χ3n) is 4.95. The van der Waals surface area contributed by atoms with Crippen molar-refractivity contribution in [3.63, 3.8) is 0 Å². The molecule has 0 unspecified atom stereocenters. The number of anilines is 1. The van der Waals surface area contributed by atoms with Crippen LogP contribution in [-0.2, 0) is 17.5 Å². The van der Waals surface area contributed by atoms with Gasteiger partial charge in [-0.05, 0) is 36.4 Å². The summed E-state index contributed by atoms with van der Waals surface area (Å²) < 4.78 is 62.9. The van der Waals surface area contributed by atoms with Gasteiger partial charge in [-0.1, -0.05) is 17.7 Å². The highest BCUT2D eigenvalue weighted by molar-refractivity contribution is 6.30. The number of urea groups is 1. The molecule has 1 aromatic heterocycles. The van der Waals surface area contributed by atoms with Crippen molar-refractivity contribution in [2.24, 2.45) is 0 Å². The van der Waals surface area contributed by atoms with Crippen LogP contribution in [-0.4, -0.2) is 47.4 Å². The number of alkyl halides is 3. The molecular formula is C21H17ClF4N4O3. The number of nitrogens with zero attached hydrogens (tertiary/aromatic N) is 4. The maximum atomic E-state index is 14.9. The van der Waals surface area contributed by atoms with E-state index in [1.807, 2.05) is 0 Å². The average Bonchev–Trinajstić information content (AvgIpc) is 3.30. The molecule has 33 heavy (non-hydrogen) atoms. The fraction of sp³-hybridized carbons (Fsp3) is 0.286.